The lowest BCUT2D eigenvalue weighted by atomic mass is 9.99. The second-order valence-corrected chi connectivity index (χ2v) is 9.10. The van der Waals surface area contributed by atoms with E-state index >= 15 is 4.39 Å². The standard InChI is InChI=1S/C30H29FN2O4/c1-20(24-12-7-10-22-9-3-4-11-25(22)24)32-18-17-23-19-33(26-13-5-6-15-28(26)35-23)27-14-8-16-29(30(27)31)37-36-21(2)34/h3-16,20,23,32H,17-19H2,1-2H3/t20-,23?/m1/s1. The Morgan fingerprint density at radius 3 is 2.62 bits per heavy atom. The summed E-state index contributed by atoms with van der Waals surface area (Å²) >= 11 is 0. The van der Waals surface area contributed by atoms with E-state index in [2.05, 4.69) is 59.6 Å². The molecule has 0 bridgehead atoms. The Bertz CT molecular complexity index is 1400. The number of fused-ring (bicyclic) bond motifs is 2. The van der Waals surface area contributed by atoms with E-state index in [0.29, 0.717) is 18.0 Å². The Labute approximate surface area is 215 Å². The van der Waals surface area contributed by atoms with Crippen LogP contribution in [0.1, 0.15) is 31.9 Å². The third kappa shape index (κ3) is 5.37. The van der Waals surface area contributed by atoms with Crippen LogP contribution in [0.4, 0.5) is 15.8 Å². The third-order valence-corrected chi connectivity index (χ3v) is 6.53. The van der Waals surface area contributed by atoms with Gasteiger partial charge in [-0.15, -0.1) is 0 Å². The van der Waals surface area contributed by atoms with E-state index in [9.17, 15) is 4.79 Å². The minimum Gasteiger partial charge on any atom is -0.486 e. The maximum Gasteiger partial charge on any atom is 0.352 e. The molecule has 0 fully saturated rings. The predicted molar refractivity (Wildman–Crippen MR) is 142 cm³/mol. The molecule has 0 saturated heterocycles. The summed E-state index contributed by atoms with van der Waals surface area (Å²) in [6.07, 6.45) is 0.560. The summed E-state index contributed by atoms with van der Waals surface area (Å²) in [5.41, 5.74) is 2.34. The van der Waals surface area contributed by atoms with Gasteiger partial charge in [0, 0.05) is 13.0 Å². The molecule has 190 valence electrons. The lowest BCUT2D eigenvalue weighted by Gasteiger charge is -2.36. The molecular formula is C30H29FN2O4. The summed E-state index contributed by atoms with van der Waals surface area (Å²) in [5.74, 6) is -0.737. The van der Waals surface area contributed by atoms with E-state index in [0.717, 1.165) is 18.7 Å². The summed E-state index contributed by atoms with van der Waals surface area (Å²) in [6.45, 7) is 4.53. The normalized spacial score (nSPS) is 15.5. The Kier molecular flexibility index (Phi) is 7.23. The number of anilines is 2. The molecule has 37 heavy (non-hydrogen) atoms. The second-order valence-electron chi connectivity index (χ2n) is 9.10. The van der Waals surface area contributed by atoms with Crippen molar-refractivity contribution in [1.29, 1.82) is 0 Å². The van der Waals surface area contributed by atoms with Crippen LogP contribution >= 0.6 is 0 Å². The highest BCUT2D eigenvalue weighted by atomic mass is 19.1. The summed E-state index contributed by atoms with van der Waals surface area (Å²) in [6, 6.07) is 27.2. The number of halogens is 1. The molecule has 6 nitrogen and oxygen atoms in total. The Balaban J connectivity index is 1.31. The molecule has 4 aromatic rings. The minimum atomic E-state index is -0.660. The van der Waals surface area contributed by atoms with Gasteiger partial charge in [-0.1, -0.05) is 60.7 Å². The number of rotatable bonds is 8. The fourth-order valence-electron chi connectivity index (χ4n) is 4.75. The van der Waals surface area contributed by atoms with E-state index < -0.39 is 11.8 Å². The van der Waals surface area contributed by atoms with Gasteiger partial charge in [0.1, 0.15) is 11.9 Å². The van der Waals surface area contributed by atoms with Crippen molar-refractivity contribution in [3.8, 4) is 11.5 Å². The smallest absolute Gasteiger partial charge is 0.352 e. The van der Waals surface area contributed by atoms with Crippen LogP contribution in [-0.2, 0) is 9.68 Å². The quantitative estimate of drug-likeness (QED) is 0.221. The number of ether oxygens (including phenoxy) is 1. The zero-order chi connectivity index (χ0) is 25.8. The van der Waals surface area contributed by atoms with Crippen LogP contribution in [0.3, 0.4) is 0 Å². The van der Waals surface area contributed by atoms with Crippen LogP contribution in [0.2, 0.25) is 0 Å². The van der Waals surface area contributed by atoms with Crippen molar-refractivity contribution in [2.75, 3.05) is 18.0 Å². The average Bonchev–Trinajstić information content (AvgIpc) is 2.91. The lowest BCUT2D eigenvalue weighted by Crippen LogP contribution is -2.39. The summed E-state index contributed by atoms with van der Waals surface area (Å²) < 4.78 is 21.7. The van der Waals surface area contributed by atoms with Crippen LogP contribution in [0.15, 0.2) is 84.9 Å². The number of para-hydroxylation sites is 2. The highest BCUT2D eigenvalue weighted by Crippen LogP contribution is 2.41. The number of hydrogen-bond donors (Lipinski definition) is 1. The first kappa shape index (κ1) is 24.6. The number of benzene rings is 4. The maximum atomic E-state index is 15.4. The van der Waals surface area contributed by atoms with E-state index in [1.165, 1.54) is 29.3 Å². The zero-order valence-corrected chi connectivity index (χ0v) is 20.8. The second kappa shape index (κ2) is 10.9. The van der Waals surface area contributed by atoms with Crippen molar-refractivity contribution in [3.05, 3.63) is 96.3 Å². The molecule has 0 aliphatic carbocycles. The van der Waals surface area contributed by atoms with Gasteiger partial charge in [-0.2, -0.15) is 0 Å². The minimum absolute atomic E-state index is 0.154. The molecule has 1 heterocycles. The highest BCUT2D eigenvalue weighted by molar-refractivity contribution is 5.86. The molecule has 4 aromatic carbocycles. The molecule has 0 radical (unpaired) electrons. The average molecular weight is 501 g/mol. The number of hydrogen-bond acceptors (Lipinski definition) is 6. The third-order valence-electron chi connectivity index (χ3n) is 6.53. The van der Waals surface area contributed by atoms with Crippen molar-refractivity contribution >= 4 is 28.1 Å². The monoisotopic (exact) mass is 500 g/mol. The number of nitrogens with zero attached hydrogens (tertiary/aromatic N) is 1. The van der Waals surface area contributed by atoms with Gasteiger partial charge in [0.25, 0.3) is 0 Å². The van der Waals surface area contributed by atoms with Gasteiger partial charge in [-0.25, -0.2) is 9.18 Å². The van der Waals surface area contributed by atoms with Crippen LogP contribution < -0.4 is 19.8 Å². The molecule has 5 rings (SSSR count). The van der Waals surface area contributed by atoms with Gasteiger partial charge in [-0.05, 0) is 60.5 Å². The first-order valence-corrected chi connectivity index (χ1v) is 12.4. The number of nitrogens with one attached hydrogen (secondary N) is 1. The SMILES string of the molecule is CC(=O)OOc1cccc(N2CC(CCN[C@H](C)c3cccc4ccccc34)Oc3ccccc32)c1F. The van der Waals surface area contributed by atoms with Gasteiger partial charge >= 0.3 is 5.97 Å². The van der Waals surface area contributed by atoms with Gasteiger partial charge in [-0.3, -0.25) is 9.78 Å². The fourth-order valence-corrected chi connectivity index (χ4v) is 4.75. The van der Waals surface area contributed by atoms with Crippen LogP contribution in [0.5, 0.6) is 11.5 Å². The Hall–Kier alpha value is -4.10. The molecule has 2 atom stereocenters. The molecule has 1 aliphatic heterocycles. The molecule has 7 heteroatoms. The van der Waals surface area contributed by atoms with Crippen LogP contribution in [0.25, 0.3) is 10.8 Å². The van der Waals surface area contributed by atoms with Crippen molar-refractivity contribution in [1.82, 2.24) is 5.32 Å². The Morgan fingerprint density at radius 1 is 1.03 bits per heavy atom. The van der Waals surface area contributed by atoms with Crippen molar-refractivity contribution in [2.45, 2.75) is 32.4 Å². The summed E-state index contributed by atoms with van der Waals surface area (Å²) in [7, 11) is 0. The fraction of sp³-hybridized carbons (Fsp3) is 0.233. The van der Waals surface area contributed by atoms with Crippen molar-refractivity contribution < 1.29 is 23.7 Å². The highest BCUT2D eigenvalue weighted by Gasteiger charge is 2.29. The van der Waals surface area contributed by atoms with E-state index in [1.54, 1.807) is 12.1 Å². The lowest BCUT2D eigenvalue weighted by molar-refractivity contribution is -0.211. The first-order valence-electron chi connectivity index (χ1n) is 12.4. The molecule has 0 spiro atoms. The van der Waals surface area contributed by atoms with E-state index in [1.807, 2.05) is 29.2 Å². The topological polar surface area (TPSA) is 60.0 Å². The van der Waals surface area contributed by atoms with Crippen molar-refractivity contribution in [3.63, 3.8) is 0 Å². The van der Waals surface area contributed by atoms with Gasteiger partial charge < -0.3 is 15.0 Å². The first-order chi connectivity index (χ1) is 18.0. The Morgan fingerprint density at radius 2 is 1.76 bits per heavy atom. The molecule has 1 N–H and O–H groups in total. The molecule has 0 amide bonds. The van der Waals surface area contributed by atoms with Gasteiger partial charge in [0.15, 0.2) is 5.82 Å². The summed E-state index contributed by atoms with van der Waals surface area (Å²) in [5, 5.41) is 6.09. The molecule has 1 aliphatic rings. The van der Waals surface area contributed by atoms with E-state index in [4.69, 9.17) is 9.62 Å². The van der Waals surface area contributed by atoms with Crippen LogP contribution in [0, 0.1) is 5.82 Å². The largest absolute Gasteiger partial charge is 0.486 e. The van der Waals surface area contributed by atoms with Gasteiger partial charge in [0.05, 0.1) is 17.9 Å². The number of carbonyl (C=O) groups is 1. The van der Waals surface area contributed by atoms with E-state index in [-0.39, 0.29) is 17.9 Å². The predicted octanol–water partition coefficient (Wildman–Crippen LogP) is 6.48. The van der Waals surface area contributed by atoms with Gasteiger partial charge in [0.2, 0.25) is 5.75 Å². The zero-order valence-electron chi connectivity index (χ0n) is 20.8. The number of carbonyl (C=O) groups excluding carboxylic acids is 1. The van der Waals surface area contributed by atoms with Crippen LogP contribution in [-0.4, -0.2) is 25.2 Å². The van der Waals surface area contributed by atoms with Crippen molar-refractivity contribution in [2.24, 2.45) is 0 Å². The molecule has 0 aromatic heterocycles. The molecule has 0 saturated carbocycles. The maximum absolute atomic E-state index is 15.4. The molecule has 1 unspecified atom stereocenters. The summed E-state index contributed by atoms with van der Waals surface area (Å²) in [4.78, 5) is 22.5. The molecular weight excluding hydrogens is 471 g/mol.